The summed E-state index contributed by atoms with van der Waals surface area (Å²) >= 11 is 0. The number of allylic oxidation sites excluding steroid dienone is 1. The van der Waals surface area contributed by atoms with Gasteiger partial charge in [-0.3, -0.25) is 0 Å². The highest BCUT2D eigenvalue weighted by molar-refractivity contribution is 5.27. The molecule has 2 heteroatoms. The largest absolute Gasteiger partial charge is 0.384 e. The summed E-state index contributed by atoms with van der Waals surface area (Å²) in [7, 11) is 0. The fraction of sp³-hybridized carbons (Fsp3) is 0.857. The smallest absolute Gasteiger partial charge is 0.104 e. The van der Waals surface area contributed by atoms with E-state index in [0.29, 0.717) is 0 Å². The number of fused-ring (bicyclic) bond motifs is 1. The van der Waals surface area contributed by atoms with Gasteiger partial charge in [0.25, 0.3) is 0 Å². The van der Waals surface area contributed by atoms with Crippen LogP contribution in [0.1, 0.15) is 58.8 Å². The molecule has 0 spiro atoms. The molecule has 0 radical (unpaired) electrons. The summed E-state index contributed by atoms with van der Waals surface area (Å²) < 4.78 is 0. The average molecular weight is 223 g/mol. The molecule has 0 aromatic carbocycles. The maximum Gasteiger partial charge on any atom is 0.104 e. The van der Waals surface area contributed by atoms with Crippen LogP contribution in [0.25, 0.3) is 0 Å². The highest BCUT2D eigenvalue weighted by Gasteiger charge is 2.41. The van der Waals surface area contributed by atoms with Crippen LogP contribution in [0.3, 0.4) is 0 Å². The van der Waals surface area contributed by atoms with Crippen LogP contribution in [0.5, 0.6) is 0 Å². The lowest BCUT2D eigenvalue weighted by atomic mass is 9.76. The highest BCUT2D eigenvalue weighted by Crippen LogP contribution is 2.42. The molecular weight excluding hydrogens is 198 g/mol. The quantitative estimate of drug-likeness (QED) is 0.795. The Kier molecular flexibility index (Phi) is 3.58. The van der Waals surface area contributed by atoms with Gasteiger partial charge in [-0.2, -0.15) is 0 Å². The summed E-state index contributed by atoms with van der Waals surface area (Å²) in [5.74, 6) is 0. The van der Waals surface area contributed by atoms with Gasteiger partial charge in [0.2, 0.25) is 0 Å². The zero-order valence-corrected chi connectivity index (χ0v) is 10.8. The molecule has 1 heterocycles. The topological polar surface area (TPSA) is 23.5 Å². The number of likely N-dealkylation sites (tertiary alicyclic amines) is 1. The van der Waals surface area contributed by atoms with Crippen molar-refractivity contribution < 1.29 is 5.11 Å². The van der Waals surface area contributed by atoms with Gasteiger partial charge in [0.15, 0.2) is 0 Å². The molecule has 0 aromatic rings. The third-order valence-corrected chi connectivity index (χ3v) is 4.10. The Morgan fingerprint density at radius 2 is 2.00 bits per heavy atom. The molecular formula is C14H25NO. The van der Waals surface area contributed by atoms with E-state index in [2.05, 4.69) is 18.7 Å². The lowest BCUT2D eigenvalue weighted by Gasteiger charge is -2.47. The van der Waals surface area contributed by atoms with Crippen LogP contribution < -0.4 is 0 Å². The zero-order valence-electron chi connectivity index (χ0n) is 10.8. The molecule has 16 heavy (non-hydrogen) atoms. The monoisotopic (exact) mass is 223 g/mol. The Morgan fingerprint density at radius 3 is 2.69 bits per heavy atom. The molecule has 1 atom stereocenters. The molecule has 2 nitrogen and oxygen atoms in total. The SMILES string of the molecule is CCCN1CCCC2(O)CCCC(CC)=C12. The minimum absolute atomic E-state index is 0.475. The molecule has 0 saturated carbocycles. The molecule has 0 bridgehead atoms. The second kappa shape index (κ2) is 4.79. The summed E-state index contributed by atoms with van der Waals surface area (Å²) in [6.45, 7) is 6.71. The molecule has 1 aliphatic heterocycles. The average Bonchev–Trinajstić information content (AvgIpc) is 2.28. The van der Waals surface area contributed by atoms with Gasteiger partial charge in [-0.25, -0.2) is 0 Å². The number of aliphatic hydroxyl groups is 1. The van der Waals surface area contributed by atoms with Gasteiger partial charge >= 0.3 is 0 Å². The van der Waals surface area contributed by atoms with E-state index in [1.54, 1.807) is 0 Å². The summed E-state index contributed by atoms with van der Waals surface area (Å²) in [6, 6.07) is 0. The molecule has 2 aliphatic rings. The first-order chi connectivity index (χ1) is 7.71. The van der Waals surface area contributed by atoms with E-state index in [1.807, 2.05) is 0 Å². The van der Waals surface area contributed by atoms with E-state index in [-0.39, 0.29) is 0 Å². The fourth-order valence-electron chi connectivity index (χ4n) is 3.43. The predicted molar refractivity (Wildman–Crippen MR) is 67.2 cm³/mol. The maximum atomic E-state index is 10.8. The molecule has 1 aliphatic carbocycles. The van der Waals surface area contributed by atoms with E-state index in [1.165, 1.54) is 30.5 Å². The second-order valence-corrected chi connectivity index (χ2v) is 5.28. The normalized spacial score (nSPS) is 30.6. The van der Waals surface area contributed by atoms with Gasteiger partial charge in [0.05, 0.1) is 0 Å². The van der Waals surface area contributed by atoms with E-state index in [9.17, 15) is 5.11 Å². The Hall–Kier alpha value is -0.500. The lowest BCUT2D eigenvalue weighted by molar-refractivity contribution is -0.00415. The summed E-state index contributed by atoms with van der Waals surface area (Å²) in [6.07, 6.45) is 7.76. The minimum atomic E-state index is -0.475. The van der Waals surface area contributed by atoms with Gasteiger partial charge in [-0.15, -0.1) is 0 Å². The molecule has 0 aromatic heterocycles. The standard InChI is InChI=1S/C14H25NO/c1-3-10-15-11-6-9-14(16)8-5-7-12(4-2)13(14)15/h16H,3-11H2,1-2H3. The van der Waals surface area contributed by atoms with Gasteiger partial charge in [-0.05, 0) is 50.5 Å². The van der Waals surface area contributed by atoms with E-state index in [0.717, 1.165) is 38.8 Å². The van der Waals surface area contributed by atoms with Crippen molar-refractivity contribution in [2.45, 2.75) is 64.4 Å². The van der Waals surface area contributed by atoms with Crippen LogP contribution in [0.2, 0.25) is 0 Å². The third-order valence-electron chi connectivity index (χ3n) is 4.10. The summed E-state index contributed by atoms with van der Waals surface area (Å²) in [5.41, 5.74) is 2.35. The van der Waals surface area contributed by atoms with Crippen molar-refractivity contribution in [3.8, 4) is 0 Å². The van der Waals surface area contributed by atoms with E-state index < -0.39 is 5.60 Å². The van der Waals surface area contributed by atoms with Crippen molar-refractivity contribution in [2.24, 2.45) is 0 Å². The molecule has 1 unspecified atom stereocenters. The van der Waals surface area contributed by atoms with Crippen molar-refractivity contribution in [1.29, 1.82) is 0 Å². The Balaban J connectivity index is 2.32. The fourth-order valence-corrected chi connectivity index (χ4v) is 3.43. The third kappa shape index (κ3) is 2.00. The predicted octanol–water partition coefficient (Wildman–Crippen LogP) is 3.07. The second-order valence-electron chi connectivity index (χ2n) is 5.28. The first-order valence-electron chi connectivity index (χ1n) is 6.91. The minimum Gasteiger partial charge on any atom is -0.384 e. The lowest BCUT2D eigenvalue weighted by Crippen LogP contribution is -2.48. The van der Waals surface area contributed by atoms with Gasteiger partial charge in [0, 0.05) is 18.8 Å². The van der Waals surface area contributed by atoms with Crippen LogP contribution >= 0.6 is 0 Å². The van der Waals surface area contributed by atoms with Crippen molar-refractivity contribution in [1.82, 2.24) is 4.90 Å². The number of rotatable bonds is 3. The van der Waals surface area contributed by atoms with Gasteiger partial charge in [0.1, 0.15) is 5.60 Å². The van der Waals surface area contributed by atoms with Crippen LogP contribution in [0, 0.1) is 0 Å². The number of hydrogen-bond acceptors (Lipinski definition) is 2. The van der Waals surface area contributed by atoms with Crippen LogP contribution in [0.15, 0.2) is 11.3 Å². The Labute approximate surface area is 99.3 Å². The maximum absolute atomic E-state index is 10.8. The zero-order chi connectivity index (χ0) is 11.6. The summed E-state index contributed by atoms with van der Waals surface area (Å²) in [5, 5.41) is 10.8. The van der Waals surface area contributed by atoms with Crippen molar-refractivity contribution in [3.05, 3.63) is 11.3 Å². The number of hydrogen-bond donors (Lipinski definition) is 1. The summed E-state index contributed by atoms with van der Waals surface area (Å²) in [4.78, 5) is 2.46. The van der Waals surface area contributed by atoms with Crippen LogP contribution in [-0.4, -0.2) is 28.7 Å². The Bertz CT molecular complexity index is 282. The van der Waals surface area contributed by atoms with Crippen molar-refractivity contribution >= 4 is 0 Å². The molecule has 1 N–H and O–H groups in total. The van der Waals surface area contributed by atoms with Gasteiger partial charge in [-0.1, -0.05) is 13.8 Å². The highest BCUT2D eigenvalue weighted by atomic mass is 16.3. The molecule has 1 fully saturated rings. The van der Waals surface area contributed by atoms with Crippen molar-refractivity contribution in [2.75, 3.05) is 13.1 Å². The Morgan fingerprint density at radius 1 is 1.25 bits per heavy atom. The first kappa shape index (κ1) is 12.0. The van der Waals surface area contributed by atoms with Crippen molar-refractivity contribution in [3.63, 3.8) is 0 Å². The van der Waals surface area contributed by atoms with E-state index >= 15 is 0 Å². The molecule has 0 amide bonds. The molecule has 2 rings (SSSR count). The van der Waals surface area contributed by atoms with Crippen LogP contribution in [-0.2, 0) is 0 Å². The molecule has 1 saturated heterocycles. The number of nitrogens with zero attached hydrogens (tertiary/aromatic N) is 1. The van der Waals surface area contributed by atoms with Crippen LogP contribution in [0.4, 0.5) is 0 Å². The number of piperidine rings is 1. The van der Waals surface area contributed by atoms with Gasteiger partial charge < -0.3 is 10.0 Å². The van der Waals surface area contributed by atoms with E-state index in [4.69, 9.17) is 0 Å². The first-order valence-corrected chi connectivity index (χ1v) is 6.91. The molecule has 92 valence electrons.